The van der Waals surface area contributed by atoms with Gasteiger partial charge in [-0.2, -0.15) is 0 Å². The molecule has 3 aromatic rings. The molecular formula is C27H18Cl2N2O3. The second-order valence-corrected chi connectivity index (χ2v) is 9.51. The lowest BCUT2D eigenvalue weighted by molar-refractivity contribution is -0.123. The third kappa shape index (κ3) is 2.97. The number of benzene rings is 3. The number of nitrogens with zero attached hydrogens (tertiary/aromatic N) is 2. The van der Waals surface area contributed by atoms with Gasteiger partial charge >= 0.3 is 0 Å². The van der Waals surface area contributed by atoms with Gasteiger partial charge in [-0.05, 0) is 47.5 Å². The number of ketones is 1. The number of anilines is 1. The van der Waals surface area contributed by atoms with Crippen LogP contribution in [0.15, 0.2) is 79.0 Å². The monoisotopic (exact) mass is 488 g/mol. The van der Waals surface area contributed by atoms with Crippen LogP contribution in [0, 0.1) is 11.8 Å². The Morgan fingerprint density at radius 1 is 0.824 bits per heavy atom. The van der Waals surface area contributed by atoms with Crippen molar-refractivity contribution in [2.24, 2.45) is 11.8 Å². The van der Waals surface area contributed by atoms with Gasteiger partial charge in [0.25, 0.3) is 0 Å². The van der Waals surface area contributed by atoms with Crippen LogP contribution in [0.5, 0.6) is 0 Å². The highest BCUT2D eigenvalue weighted by atomic mass is 35.5. The number of Topliss-reactive ketones (excluding diaryl/α,β-unsaturated/α-hetero) is 1. The van der Waals surface area contributed by atoms with E-state index in [0.29, 0.717) is 10.7 Å². The summed E-state index contributed by atoms with van der Waals surface area (Å²) in [5.41, 5.74) is 2.68. The number of imide groups is 1. The molecular weight excluding hydrogens is 471 g/mol. The molecule has 3 aromatic carbocycles. The molecule has 0 N–H and O–H groups in total. The molecule has 7 heteroatoms. The molecule has 3 aliphatic heterocycles. The smallest absolute Gasteiger partial charge is 0.240 e. The van der Waals surface area contributed by atoms with Crippen molar-refractivity contribution >= 4 is 52.6 Å². The highest BCUT2D eigenvalue weighted by Gasteiger charge is 2.64. The normalized spacial score (nSPS) is 24.8. The van der Waals surface area contributed by atoms with E-state index in [2.05, 4.69) is 0 Å². The summed E-state index contributed by atoms with van der Waals surface area (Å²) < 4.78 is 0. The van der Waals surface area contributed by atoms with Crippen molar-refractivity contribution in [3.8, 4) is 0 Å². The molecule has 2 amide bonds. The first-order chi connectivity index (χ1) is 16.5. The van der Waals surface area contributed by atoms with E-state index < -0.39 is 23.9 Å². The molecule has 0 unspecified atom stereocenters. The molecule has 0 bridgehead atoms. The molecule has 0 spiro atoms. The van der Waals surface area contributed by atoms with E-state index in [1.165, 1.54) is 11.0 Å². The zero-order valence-corrected chi connectivity index (χ0v) is 19.3. The highest BCUT2D eigenvalue weighted by molar-refractivity contribution is 6.37. The third-order valence-electron chi connectivity index (χ3n) is 6.94. The van der Waals surface area contributed by atoms with Crippen molar-refractivity contribution in [3.63, 3.8) is 0 Å². The lowest BCUT2D eigenvalue weighted by Gasteiger charge is -2.35. The summed E-state index contributed by atoms with van der Waals surface area (Å²) in [6, 6.07) is 20.0. The molecule has 0 saturated carbocycles. The van der Waals surface area contributed by atoms with E-state index in [-0.39, 0.29) is 28.2 Å². The quantitative estimate of drug-likeness (QED) is 0.366. The number of hydrogen-bond acceptors (Lipinski definition) is 4. The van der Waals surface area contributed by atoms with Crippen molar-refractivity contribution in [2.45, 2.75) is 12.1 Å². The molecule has 4 atom stereocenters. The molecule has 3 heterocycles. The van der Waals surface area contributed by atoms with Gasteiger partial charge in [0.15, 0.2) is 5.78 Å². The Labute approximate surface area is 206 Å². The Balaban J connectivity index is 1.51. The van der Waals surface area contributed by atoms with E-state index in [9.17, 15) is 14.4 Å². The van der Waals surface area contributed by atoms with Crippen molar-refractivity contribution in [3.05, 3.63) is 106 Å². The summed E-state index contributed by atoms with van der Waals surface area (Å²) in [6.45, 7) is 0. The SMILES string of the molecule is O=C(c1ccc(Cl)cc1Cl)[C@@H]1[C@@H]2C(=O)N(c3ccccc3)C(=O)[C@H]2[C@@H]2c3ccccc3C=CN12. The maximum absolute atomic E-state index is 13.9. The molecule has 0 aromatic heterocycles. The second kappa shape index (κ2) is 7.83. The lowest BCUT2D eigenvalue weighted by Crippen LogP contribution is -2.44. The van der Waals surface area contributed by atoms with Crippen molar-refractivity contribution in [1.82, 2.24) is 4.90 Å². The van der Waals surface area contributed by atoms with Crippen LogP contribution in [0.25, 0.3) is 6.08 Å². The van der Waals surface area contributed by atoms with Crippen LogP contribution < -0.4 is 4.90 Å². The second-order valence-electron chi connectivity index (χ2n) is 8.67. The predicted octanol–water partition coefficient (Wildman–Crippen LogP) is 5.39. The number of halogens is 2. The first-order valence-corrected chi connectivity index (χ1v) is 11.7. The Bertz CT molecular complexity index is 1390. The molecule has 34 heavy (non-hydrogen) atoms. The lowest BCUT2D eigenvalue weighted by atomic mass is 9.83. The van der Waals surface area contributed by atoms with Crippen LogP contribution >= 0.6 is 23.2 Å². The summed E-state index contributed by atoms with van der Waals surface area (Å²) in [4.78, 5) is 44.6. The zero-order chi connectivity index (χ0) is 23.6. The Hall–Kier alpha value is -3.41. The minimum Gasteiger partial charge on any atom is -0.358 e. The molecule has 2 fully saturated rings. The van der Waals surface area contributed by atoms with Crippen molar-refractivity contribution < 1.29 is 14.4 Å². The highest BCUT2D eigenvalue weighted by Crippen LogP contribution is 2.53. The van der Waals surface area contributed by atoms with Gasteiger partial charge in [0.05, 0.1) is 28.6 Å². The summed E-state index contributed by atoms with van der Waals surface area (Å²) in [6.07, 6.45) is 3.74. The third-order valence-corrected chi connectivity index (χ3v) is 7.49. The average Bonchev–Trinajstić information content (AvgIpc) is 3.32. The van der Waals surface area contributed by atoms with Gasteiger partial charge in [0, 0.05) is 16.8 Å². The van der Waals surface area contributed by atoms with Crippen molar-refractivity contribution in [1.29, 1.82) is 0 Å². The summed E-state index contributed by atoms with van der Waals surface area (Å²) >= 11 is 12.4. The van der Waals surface area contributed by atoms with E-state index in [0.717, 1.165) is 11.1 Å². The summed E-state index contributed by atoms with van der Waals surface area (Å²) in [7, 11) is 0. The number of amides is 2. The average molecular weight is 489 g/mol. The number of hydrogen-bond donors (Lipinski definition) is 0. The molecule has 2 saturated heterocycles. The fourth-order valence-corrected chi connectivity index (χ4v) is 6.04. The van der Waals surface area contributed by atoms with Gasteiger partial charge in [-0.1, -0.05) is 65.7 Å². The zero-order valence-electron chi connectivity index (χ0n) is 17.8. The molecule has 6 rings (SSSR count). The van der Waals surface area contributed by atoms with E-state index >= 15 is 0 Å². The van der Waals surface area contributed by atoms with Gasteiger partial charge < -0.3 is 4.90 Å². The predicted molar refractivity (Wildman–Crippen MR) is 131 cm³/mol. The van der Waals surface area contributed by atoms with Crippen LogP contribution in [-0.4, -0.2) is 28.5 Å². The number of carbonyl (C=O) groups excluding carboxylic acids is 3. The standard InChI is InChI=1S/C27H18Cl2N2O3/c28-16-10-11-19(20(29)14-16)25(32)24-22-21(23-18-9-5-4-6-15(18)12-13-30(23)24)26(33)31(27(22)34)17-7-2-1-3-8-17/h1-14,21-24H/t21-,22-,23+,24+/m1/s1. The van der Waals surface area contributed by atoms with Crippen LogP contribution in [-0.2, 0) is 9.59 Å². The molecule has 0 aliphatic carbocycles. The van der Waals surface area contributed by atoms with Gasteiger partial charge in [0.2, 0.25) is 11.8 Å². The number of rotatable bonds is 3. The first-order valence-electron chi connectivity index (χ1n) is 10.9. The molecule has 0 radical (unpaired) electrons. The maximum atomic E-state index is 13.9. The van der Waals surface area contributed by atoms with E-state index in [1.807, 2.05) is 47.5 Å². The summed E-state index contributed by atoms with van der Waals surface area (Å²) in [5.74, 6) is -2.51. The molecule has 3 aliphatic rings. The van der Waals surface area contributed by atoms with Gasteiger partial charge in [-0.15, -0.1) is 0 Å². The Kier molecular flexibility index (Phi) is 4.87. The van der Waals surface area contributed by atoms with E-state index in [1.54, 1.807) is 36.4 Å². The number of carbonyl (C=O) groups is 3. The van der Waals surface area contributed by atoms with Crippen LogP contribution in [0.2, 0.25) is 10.0 Å². The van der Waals surface area contributed by atoms with E-state index in [4.69, 9.17) is 23.2 Å². The first kappa shape index (κ1) is 21.1. The van der Waals surface area contributed by atoms with Crippen LogP contribution in [0.4, 0.5) is 5.69 Å². The fourth-order valence-electron chi connectivity index (χ4n) is 5.54. The van der Waals surface area contributed by atoms with Crippen molar-refractivity contribution in [2.75, 3.05) is 4.90 Å². The molecule has 168 valence electrons. The fraction of sp³-hybridized carbons (Fsp3) is 0.148. The topological polar surface area (TPSA) is 57.7 Å². The number of para-hydroxylation sites is 1. The minimum atomic E-state index is -0.872. The summed E-state index contributed by atoms with van der Waals surface area (Å²) in [5, 5.41) is 0.633. The van der Waals surface area contributed by atoms with Crippen LogP contribution in [0.1, 0.15) is 27.5 Å². The van der Waals surface area contributed by atoms with Crippen LogP contribution in [0.3, 0.4) is 0 Å². The molecule has 5 nitrogen and oxygen atoms in total. The van der Waals surface area contributed by atoms with Gasteiger partial charge in [-0.25, -0.2) is 4.90 Å². The minimum absolute atomic E-state index is 0.218. The largest absolute Gasteiger partial charge is 0.358 e. The van der Waals surface area contributed by atoms with Gasteiger partial charge in [0.1, 0.15) is 6.04 Å². The Morgan fingerprint density at radius 3 is 2.29 bits per heavy atom. The van der Waals surface area contributed by atoms with Gasteiger partial charge in [-0.3, -0.25) is 14.4 Å². The number of fused-ring (bicyclic) bond motifs is 5. The maximum Gasteiger partial charge on any atom is 0.240 e. The Morgan fingerprint density at radius 2 is 1.53 bits per heavy atom.